The summed E-state index contributed by atoms with van der Waals surface area (Å²) in [5.41, 5.74) is 6.26. The highest BCUT2D eigenvalue weighted by Gasteiger charge is 2.51. The fourth-order valence-electron chi connectivity index (χ4n) is 5.54. The molecule has 0 spiro atoms. The molecule has 134 valence electrons. The van der Waals surface area contributed by atoms with Gasteiger partial charge in [-0.15, -0.1) is 0 Å². The van der Waals surface area contributed by atoms with Crippen molar-refractivity contribution in [1.82, 2.24) is 15.8 Å². The van der Waals surface area contributed by atoms with Crippen LogP contribution in [0, 0.1) is 5.92 Å². The van der Waals surface area contributed by atoms with E-state index in [1.165, 1.54) is 55.2 Å². The maximum absolute atomic E-state index is 12.7. The van der Waals surface area contributed by atoms with Gasteiger partial charge in [0.05, 0.1) is 0 Å². The second-order valence-electron chi connectivity index (χ2n) is 7.93. The maximum atomic E-state index is 12.7. The number of piperidine rings is 1. The zero-order valence-electron chi connectivity index (χ0n) is 15.1. The Kier molecular flexibility index (Phi) is 4.07. The van der Waals surface area contributed by atoms with Gasteiger partial charge in [0.2, 0.25) is 5.91 Å². The second-order valence-corrected chi connectivity index (χ2v) is 7.93. The van der Waals surface area contributed by atoms with Gasteiger partial charge < -0.3 is 5.32 Å². The van der Waals surface area contributed by atoms with Crippen LogP contribution in [0.15, 0.2) is 18.2 Å². The Morgan fingerprint density at radius 2 is 2.12 bits per heavy atom. The van der Waals surface area contributed by atoms with Gasteiger partial charge in [-0.3, -0.25) is 20.0 Å². The van der Waals surface area contributed by atoms with Crippen LogP contribution >= 0.6 is 0 Å². The van der Waals surface area contributed by atoms with Crippen molar-refractivity contribution in [2.75, 3.05) is 13.6 Å². The molecule has 1 aromatic rings. The summed E-state index contributed by atoms with van der Waals surface area (Å²) in [5, 5.41) is 5.03. The van der Waals surface area contributed by atoms with E-state index in [9.17, 15) is 9.59 Å². The highest BCUT2D eigenvalue weighted by Crippen LogP contribution is 2.53. The van der Waals surface area contributed by atoms with E-state index < -0.39 is 0 Å². The molecule has 2 amide bonds. The van der Waals surface area contributed by atoms with Crippen molar-refractivity contribution < 1.29 is 9.59 Å². The molecular weight excluding hydrogens is 314 g/mol. The van der Waals surface area contributed by atoms with Gasteiger partial charge in [-0.2, -0.15) is 0 Å². The Morgan fingerprint density at radius 1 is 1.28 bits per heavy atom. The number of carbonyl (C=O) groups is 2. The predicted octanol–water partition coefficient (Wildman–Crippen LogP) is 2.16. The zero-order chi connectivity index (χ0) is 17.6. The zero-order valence-corrected chi connectivity index (χ0v) is 15.1. The first kappa shape index (κ1) is 16.6. The summed E-state index contributed by atoms with van der Waals surface area (Å²) in [6.45, 7) is 2.49. The number of benzene rings is 1. The highest BCUT2D eigenvalue weighted by molar-refractivity contribution is 5.95. The summed E-state index contributed by atoms with van der Waals surface area (Å²) in [6.07, 6.45) is 7.37. The van der Waals surface area contributed by atoms with Crippen LogP contribution < -0.4 is 10.7 Å². The molecule has 1 aromatic carbocycles. The molecule has 1 unspecified atom stereocenters. The smallest absolute Gasteiger partial charge is 0.272 e. The minimum absolute atomic E-state index is 0.155. The number of hydrogen-bond donors (Lipinski definition) is 2. The fraction of sp³-hybridized carbons (Fsp3) is 0.600. The third-order valence-electron chi connectivity index (χ3n) is 6.52. The molecular formula is C20H27N3O2. The first-order valence-corrected chi connectivity index (χ1v) is 9.43. The van der Waals surface area contributed by atoms with E-state index in [2.05, 4.69) is 22.9 Å². The topological polar surface area (TPSA) is 61.4 Å². The summed E-state index contributed by atoms with van der Waals surface area (Å²) in [7, 11) is 1.60. The third kappa shape index (κ3) is 2.65. The van der Waals surface area contributed by atoms with Crippen LogP contribution in [-0.4, -0.2) is 36.5 Å². The van der Waals surface area contributed by atoms with E-state index >= 15 is 0 Å². The minimum atomic E-state index is -0.235. The summed E-state index contributed by atoms with van der Waals surface area (Å²) in [4.78, 5) is 23.9. The lowest BCUT2D eigenvalue weighted by molar-refractivity contribution is -0.122. The van der Waals surface area contributed by atoms with Crippen LogP contribution in [-0.2, 0) is 16.6 Å². The molecule has 5 heteroatoms. The summed E-state index contributed by atoms with van der Waals surface area (Å²) < 4.78 is 0. The first-order valence-electron chi connectivity index (χ1n) is 9.43. The lowest BCUT2D eigenvalue weighted by Crippen LogP contribution is -2.59. The quantitative estimate of drug-likeness (QED) is 0.770. The second kappa shape index (κ2) is 6.13. The molecule has 3 aliphatic rings. The average Bonchev–Trinajstić information content (AvgIpc) is 2.60. The Balaban J connectivity index is 1.72. The van der Waals surface area contributed by atoms with Gasteiger partial charge in [0.15, 0.2) is 0 Å². The lowest BCUT2D eigenvalue weighted by Gasteiger charge is -2.56. The molecule has 1 aliphatic heterocycles. The number of fused-ring (bicyclic) bond motifs is 1. The standard InChI is InChI=1S/C20H27N3O2/c1-13(24)22-23(2)19(25)15-7-6-14-12-18-16-5-3-4-8-20(16,9-10-21-18)17(14)11-15/h6-7,11,16,18,21H,3-5,8-10,12H2,1-2H3,(H,22,24)/t16?,18-,20-/m0/s1. The number of carbonyl (C=O) groups excluding carboxylic acids is 2. The SMILES string of the molecule is CC(=O)NN(C)C(=O)c1ccc2c(c1)[C@]13CCCCC1[C@H](C2)NCC3. The van der Waals surface area contributed by atoms with Gasteiger partial charge in [0, 0.05) is 31.0 Å². The number of nitrogens with one attached hydrogen (secondary N) is 2. The molecule has 2 N–H and O–H groups in total. The van der Waals surface area contributed by atoms with Crippen LogP contribution in [0.3, 0.4) is 0 Å². The van der Waals surface area contributed by atoms with Crippen LogP contribution in [0.1, 0.15) is 60.5 Å². The predicted molar refractivity (Wildman–Crippen MR) is 96.1 cm³/mol. The molecule has 2 aliphatic carbocycles. The normalized spacial score (nSPS) is 30.0. The van der Waals surface area contributed by atoms with Crippen molar-refractivity contribution in [2.24, 2.45) is 5.92 Å². The summed E-state index contributed by atoms with van der Waals surface area (Å²) in [5.74, 6) is 0.305. The van der Waals surface area contributed by atoms with Crippen molar-refractivity contribution in [3.05, 3.63) is 34.9 Å². The molecule has 1 saturated carbocycles. The molecule has 25 heavy (non-hydrogen) atoms. The molecule has 0 aromatic heterocycles. The first-order chi connectivity index (χ1) is 12.0. The van der Waals surface area contributed by atoms with Crippen molar-refractivity contribution in [1.29, 1.82) is 0 Å². The van der Waals surface area contributed by atoms with Crippen molar-refractivity contribution in [3.63, 3.8) is 0 Å². The summed E-state index contributed by atoms with van der Waals surface area (Å²) >= 11 is 0. The van der Waals surface area contributed by atoms with E-state index in [-0.39, 0.29) is 17.2 Å². The van der Waals surface area contributed by atoms with Crippen molar-refractivity contribution in [3.8, 4) is 0 Å². The Bertz CT molecular complexity index is 713. The minimum Gasteiger partial charge on any atom is -0.313 e. The molecule has 1 heterocycles. The van der Waals surface area contributed by atoms with E-state index in [4.69, 9.17) is 0 Å². The van der Waals surface area contributed by atoms with Crippen LogP contribution in [0.4, 0.5) is 0 Å². The number of hydrazine groups is 1. The van der Waals surface area contributed by atoms with Crippen molar-refractivity contribution >= 4 is 11.8 Å². The third-order valence-corrected chi connectivity index (χ3v) is 6.52. The number of hydrogen-bond acceptors (Lipinski definition) is 3. The van der Waals surface area contributed by atoms with Crippen LogP contribution in [0.5, 0.6) is 0 Å². The van der Waals surface area contributed by atoms with Gasteiger partial charge in [0.25, 0.3) is 5.91 Å². The molecule has 4 rings (SSSR count). The largest absolute Gasteiger partial charge is 0.313 e. The average molecular weight is 341 g/mol. The van der Waals surface area contributed by atoms with Crippen LogP contribution in [0.25, 0.3) is 0 Å². The molecule has 2 fully saturated rings. The fourth-order valence-corrected chi connectivity index (χ4v) is 5.54. The van der Waals surface area contributed by atoms with E-state index in [0.717, 1.165) is 13.0 Å². The van der Waals surface area contributed by atoms with Gasteiger partial charge in [0.1, 0.15) is 0 Å². The van der Waals surface area contributed by atoms with Gasteiger partial charge in [-0.25, -0.2) is 0 Å². The Morgan fingerprint density at radius 3 is 2.92 bits per heavy atom. The molecule has 5 nitrogen and oxygen atoms in total. The van der Waals surface area contributed by atoms with Crippen molar-refractivity contribution in [2.45, 2.75) is 56.9 Å². The van der Waals surface area contributed by atoms with E-state index in [0.29, 0.717) is 17.5 Å². The van der Waals surface area contributed by atoms with Crippen LogP contribution in [0.2, 0.25) is 0 Å². The maximum Gasteiger partial charge on any atom is 0.272 e. The molecule has 2 bridgehead atoms. The highest BCUT2D eigenvalue weighted by atomic mass is 16.2. The Hall–Kier alpha value is -1.88. The van der Waals surface area contributed by atoms with E-state index in [1.54, 1.807) is 7.05 Å². The molecule has 1 saturated heterocycles. The monoisotopic (exact) mass is 341 g/mol. The van der Waals surface area contributed by atoms with Gasteiger partial charge in [-0.05, 0) is 61.4 Å². The molecule has 0 radical (unpaired) electrons. The van der Waals surface area contributed by atoms with Gasteiger partial charge in [-0.1, -0.05) is 18.9 Å². The number of amides is 2. The molecule has 3 atom stereocenters. The Labute approximate surface area is 149 Å². The summed E-state index contributed by atoms with van der Waals surface area (Å²) in [6, 6.07) is 6.76. The van der Waals surface area contributed by atoms with E-state index in [1.807, 2.05) is 6.07 Å². The lowest BCUT2D eigenvalue weighted by atomic mass is 9.52. The van der Waals surface area contributed by atoms with Gasteiger partial charge >= 0.3 is 0 Å². The number of rotatable bonds is 1. The number of nitrogens with zero attached hydrogens (tertiary/aromatic N) is 1.